The maximum atomic E-state index is 11.9. The first kappa shape index (κ1) is 25.4. The van der Waals surface area contributed by atoms with Crippen molar-refractivity contribution in [1.29, 1.82) is 0 Å². The summed E-state index contributed by atoms with van der Waals surface area (Å²) in [5.41, 5.74) is 4.96. The number of rotatable bonds is 8. The number of hydrogen-bond donors (Lipinski definition) is 0. The molecule has 6 heteroatoms. The van der Waals surface area contributed by atoms with E-state index in [2.05, 4.69) is 31.4 Å². The summed E-state index contributed by atoms with van der Waals surface area (Å²) in [7, 11) is 0. The first-order chi connectivity index (χ1) is 16.2. The Hall–Kier alpha value is -3.22. The molecule has 3 aromatic rings. The largest absolute Gasteiger partial charge is 0.423 e. The molecule has 0 heterocycles. The van der Waals surface area contributed by atoms with E-state index >= 15 is 0 Å². The Kier molecular flexibility index (Phi) is 8.42. The van der Waals surface area contributed by atoms with Crippen LogP contribution in [0.2, 0.25) is 0 Å². The van der Waals surface area contributed by atoms with Crippen molar-refractivity contribution in [2.24, 2.45) is 0 Å². The second-order valence-corrected chi connectivity index (χ2v) is 9.34. The molecule has 0 saturated heterocycles. The van der Waals surface area contributed by atoms with Gasteiger partial charge in [-0.1, -0.05) is 37.4 Å². The first-order valence-electron chi connectivity index (χ1n) is 10.5. The van der Waals surface area contributed by atoms with Crippen LogP contribution in [-0.4, -0.2) is 24.5 Å². The van der Waals surface area contributed by atoms with Crippen LogP contribution >= 0.6 is 23.5 Å². The molecule has 174 valence electrons. The smallest absolute Gasteiger partial charge is 0.338 e. The van der Waals surface area contributed by atoms with Gasteiger partial charge in [-0.2, -0.15) is 0 Å². The van der Waals surface area contributed by atoms with Crippen LogP contribution in [0.25, 0.3) is 22.3 Å². The van der Waals surface area contributed by atoms with Crippen LogP contribution in [0.3, 0.4) is 0 Å². The lowest BCUT2D eigenvalue weighted by molar-refractivity contribution is -0.130. The number of benzene rings is 3. The van der Waals surface area contributed by atoms with Gasteiger partial charge in [-0.3, -0.25) is 0 Å². The van der Waals surface area contributed by atoms with E-state index < -0.39 is 11.9 Å². The van der Waals surface area contributed by atoms with Crippen LogP contribution in [0.4, 0.5) is 0 Å². The molecule has 0 bridgehead atoms. The van der Waals surface area contributed by atoms with Crippen molar-refractivity contribution in [3.05, 3.63) is 85.0 Å². The third-order valence-electron chi connectivity index (χ3n) is 4.97. The van der Waals surface area contributed by atoms with Crippen molar-refractivity contribution < 1.29 is 19.1 Å². The van der Waals surface area contributed by atoms with Gasteiger partial charge in [-0.15, -0.1) is 23.5 Å². The molecule has 0 atom stereocenters. The molecule has 0 aliphatic carbocycles. The number of carbonyl (C=O) groups is 2. The fourth-order valence-corrected chi connectivity index (χ4v) is 4.45. The molecule has 0 amide bonds. The molecule has 0 unspecified atom stereocenters. The molecule has 0 saturated carbocycles. The number of carbonyl (C=O) groups excluding carboxylic acids is 2. The maximum absolute atomic E-state index is 11.9. The predicted octanol–water partition coefficient (Wildman–Crippen LogP) is 7.43. The highest BCUT2D eigenvalue weighted by atomic mass is 32.2. The molecular weight excluding hydrogens is 464 g/mol. The molecular formula is C28H26O4S2. The average Bonchev–Trinajstić information content (AvgIpc) is 2.83. The van der Waals surface area contributed by atoms with Crippen LogP contribution < -0.4 is 9.47 Å². The van der Waals surface area contributed by atoms with Gasteiger partial charge >= 0.3 is 11.9 Å². The topological polar surface area (TPSA) is 52.6 Å². The van der Waals surface area contributed by atoms with Crippen molar-refractivity contribution in [3.63, 3.8) is 0 Å². The van der Waals surface area contributed by atoms with Gasteiger partial charge in [-0.25, -0.2) is 9.59 Å². The Labute approximate surface area is 209 Å². The first-order valence-corrected chi connectivity index (χ1v) is 12.9. The van der Waals surface area contributed by atoms with E-state index in [1.807, 2.05) is 36.8 Å². The average molecular weight is 491 g/mol. The van der Waals surface area contributed by atoms with E-state index in [0.717, 1.165) is 32.0 Å². The summed E-state index contributed by atoms with van der Waals surface area (Å²) in [6.07, 6.45) is 4.04. The molecule has 0 fully saturated rings. The van der Waals surface area contributed by atoms with Crippen LogP contribution in [0.15, 0.2) is 94.8 Å². The zero-order valence-corrected chi connectivity index (χ0v) is 21.3. The molecule has 0 N–H and O–H groups in total. The molecule has 0 aromatic heterocycles. The fraction of sp³-hybridized carbons (Fsp3) is 0.143. The van der Waals surface area contributed by atoms with Crippen molar-refractivity contribution in [3.8, 4) is 33.8 Å². The van der Waals surface area contributed by atoms with Gasteiger partial charge in [0.25, 0.3) is 0 Å². The van der Waals surface area contributed by atoms with E-state index in [-0.39, 0.29) is 0 Å². The molecule has 34 heavy (non-hydrogen) atoms. The molecule has 3 rings (SSSR count). The Morgan fingerprint density at radius 2 is 1.09 bits per heavy atom. The summed E-state index contributed by atoms with van der Waals surface area (Å²) in [5.74, 6) is 0.104. The van der Waals surface area contributed by atoms with Crippen molar-refractivity contribution in [1.82, 2.24) is 0 Å². The zero-order chi connectivity index (χ0) is 24.8. The lowest BCUT2D eigenvalue weighted by atomic mass is 10.00. The Morgan fingerprint density at radius 3 is 1.65 bits per heavy atom. The van der Waals surface area contributed by atoms with Crippen molar-refractivity contribution in [2.75, 3.05) is 12.5 Å². The lowest BCUT2D eigenvalue weighted by Crippen LogP contribution is -2.08. The fourth-order valence-electron chi connectivity index (χ4n) is 3.16. The van der Waals surface area contributed by atoms with Gasteiger partial charge in [0, 0.05) is 20.9 Å². The molecule has 0 aliphatic rings. The number of thioether (sulfide) groups is 2. The van der Waals surface area contributed by atoms with Gasteiger partial charge in [-0.05, 0) is 85.0 Å². The summed E-state index contributed by atoms with van der Waals surface area (Å²) < 4.78 is 10.7. The number of ether oxygens (including phenoxy) is 2. The van der Waals surface area contributed by atoms with E-state index in [1.54, 1.807) is 55.6 Å². The van der Waals surface area contributed by atoms with Gasteiger partial charge in [0.15, 0.2) is 0 Å². The van der Waals surface area contributed by atoms with Gasteiger partial charge < -0.3 is 9.47 Å². The summed E-state index contributed by atoms with van der Waals surface area (Å²) >= 11 is 3.26. The number of hydrogen-bond acceptors (Lipinski definition) is 6. The molecule has 4 nitrogen and oxygen atoms in total. The summed E-state index contributed by atoms with van der Waals surface area (Å²) in [6, 6.07) is 19.4. The maximum Gasteiger partial charge on any atom is 0.338 e. The van der Waals surface area contributed by atoms with E-state index in [9.17, 15) is 9.59 Å². The van der Waals surface area contributed by atoms with Gasteiger partial charge in [0.05, 0.1) is 0 Å². The summed E-state index contributed by atoms with van der Waals surface area (Å²) in [4.78, 5) is 25.7. The minimum absolute atomic E-state index is 0.357. The lowest BCUT2D eigenvalue weighted by Gasteiger charge is -2.14. The van der Waals surface area contributed by atoms with Crippen LogP contribution in [0.5, 0.6) is 11.5 Å². The Morgan fingerprint density at radius 1 is 0.647 bits per heavy atom. The van der Waals surface area contributed by atoms with Gasteiger partial charge in [0.1, 0.15) is 11.5 Å². The quantitative estimate of drug-likeness (QED) is 0.142. The highest BCUT2D eigenvalue weighted by molar-refractivity contribution is 7.99. The molecule has 0 radical (unpaired) electrons. The summed E-state index contributed by atoms with van der Waals surface area (Å²) in [6.45, 7) is 10.5. The Bertz CT molecular complexity index is 1260. The van der Waals surface area contributed by atoms with Crippen LogP contribution in [0, 0.1) is 0 Å². The SMILES string of the molecule is C=C(C)C(=O)Oc1ccc(-c2ccc(-c3ccc(OC(=O)C(=C)C)cc3SC)cc2SC)cc1. The standard InChI is InChI=1S/C28H26O4S2/c1-17(2)27(29)31-21-10-7-19(8-11-21)23-13-9-20(15-25(23)33-5)24-14-12-22(16-26(24)34-6)32-28(30)18(3)4/h7-16H,1,3H2,2,4-6H3. The van der Waals surface area contributed by atoms with Crippen LogP contribution in [-0.2, 0) is 9.59 Å². The number of esters is 2. The Balaban J connectivity index is 1.90. The monoisotopic (exact) mass is 490 g/mol. The van der Waals surface area contributed by atoms with E-state index in [0.29, 0.717) is 22.6 Å². The van der Waals surface area contributed by atoms with Crippen molar-refractivity contribution >= 4 is 35.5 Å². The van der Waals surface area contributed by atoms with E-state index in [1.165, 1.54) is 0 Å². The summed E-state index contributed by atoms with van der Waals surface area (Å²) in [5, 5.41) is 0. The minimum Gasteiger partial charge on any atom is -0.423 e. The zero-order valence-electron chi connectivity index (χ0n) is 19.6. The highest BCUT2D eigenvalue weighted by Gasteiger charge is 2.13. The van der Waals surface area contributed by atoms with Gasteiger partial charge in [0.2, 0.25) is 0 Å². The van der Waals surface area contributed by atoms with Crippen molar-refractivity contribution in [2.45, 2.75) is 23.6 Å². The molecule has 0 aliphatic heterocycles. The second-order valence-electron chi connectivity index (χ2n) is 7.64. The normalized spacial score (nSPS) is 10.5. The van der Waals surface area contributed by atoms with E-state index in [4.69, 9.17) is 9.47 Å². The van der Waals surface area contributed by atoms with Crippen LogP contribution in [0.1, 0.15) is 13.8 Å². The molecule has 3 aromatic carbocycles. The third-order valence-corrected chi connectivity index (χ3v) is 6.52. The third kappa shape index (κ3) is 6.01. The highest BCUT2D eigenvalue weighted by Crippen LogP contribution is 2.38. The molecule has 0 spiro atoms. The second kappa shape index (κ2) is 11.3. The minimum atomic E-state index is -0.438. The predicted molar refractivity (Wildman–Crippen MR) is 142 cm³/mol.